The first-order valence-corrected chi connectivity index (χ1v) is 5.81. The lowest BCUT2D eigenvalue weighted by molar-refractivity contribution is -0.145. The number of aliphatic hydroxyl groups is 1. The Kier molecular flexibility index (Phi) is 3.62. The first-order valence-electron chi connectivity index (χ1n) is 5.81. The normalized spacial score (nSPS) is 24.4. The monoisotopic (exact) mass is 249 g/mol. The fourth-order valence-corrected chi connectivity index (χ4v) is 1.99. The molecule has 3 atom stereocenters. The van der Waals surface area contributed by atoms with Gasteiger partial charge in [-0.1, -0.05) is 18.2 Å². The molecular weight excluding hydrogens is 234 g/mol. The fraction of sp³-hybridized carbons (Fsp3) is 0.385. The van der Waals surface area contributed by atoms with E-state index >= 15 is 0 Å². The molecule has 0 bridgehead atoms. The third kappa shape index (κ3) is 2.68. The molecule has 1 fully saturated rings. The zero-order valence-electron chi connectivity index (χ0n) is 10.00. The number of nitrogens with one attached hydrogen (secondary N) is 1. The number of carbonyl (C=O) groups is 2. The number of rotatable bonds is 3. The van der Waals surface area contributed by atoms with Crippen LogP contribution in [0, 0.1) is 0 Å². The largest absolute Gasteiger partial charge is 0.457 e. The zero-order valence-corrected chi connectivity index (χ0v) is 10.00. The highest BCUT2D eigenvalue weighted by atomic mass is 16.6. The molecule has 18 heavy (non-hydrogen) atoms. The third-order valence-electron chi connectivity index (χ3n) is 2.88. The predicted molar refractivity (Wildman–Crippen MR) is 63.9 cm³/mol. The van der Waals surface area contributed by atoms with Crippen LogP contribution in [0.15, 0.2) is 30.3 Å². The van der Waals surface area contributed by atoms with E-state index in [1.807, 2.05) is 6.07 Å². The van der Waals surface area contributed by atoms with Crippen LogP contribution in [0.2, 0.25) is 0 Å². The van der Waals surface area contributed by atoms with Crippen molar-refractivity contribution in [3.05, 3.63) is 35.9 Å². The lowest BCUT2D eigenvalue weighted by Crippen LogP contribution is -2.44. The van der Waals surface area contributed by atoms with Gasteiger partial charge in [-0.15, -0.1) is 0 Å². The van der Waals surface area contributed by atoms with Gasteiger partial charge in [0.2, 0.25) is 0 Å². The van der Waals surface area contributed by atoms with Crippen molar-refractivity contribution in [2.45, 2.75) is 31.6 Å². The summed E-state index contributed by atoms with van der Waals surface area (Å²) < 4.78 is 4.97. The Morgan fingerprint density at radius 3 is 2.72 bits per heavy atom. The molecule has 1 amide bonds. The highest BCUT2D eigenvalue weighted by Crippen LogP contribution is 2.18. The van der Waals surface area contributed by atoms with Crippen molar-refractivity contribution in [3.8, 4) is 0 Å². The number of hydrogen-bond acceptors (Lipinski definition) is 4. The van der Waals surface area contributed by atoms with Crippen LogP contribution in [0.25, 0.3) is 0 Å². The van der Waals surface area contributed by atoms with E-state index in [0.29, 0.717) is 5.56 Å². The molecule has 1 aromatic carbocycles. The maximum atomic E-state index is 11.9. The molecule has 5 heteroatoms. The van der Waals surface area contributed by atoms with E-state index in [9.17, 15) is 14.7 Å². The molecule has 1 aliphatic rings. The lowest BCUT2D eigenvalue weighted by Gasteiger charge is -2.20. The summed E-state index contributed by atoms with van der Waals surface area (Å²) in [7, 11) is 0. The van der Waals surface area contributed by atoms with Crippen molar-refractivity contribution in [2.24, 2.45) is 0 Å². The van der Waals surface area contributed by atoms with Gasteiger partial charge < -0.3 is 15.2 Å². The highest BCUT2D eigenvalue weighted by molar-refractivity contribution is 5.94. The Hall–Kier alpha value is -1.88. The molecule has 0 radical (unpaired) electrons. The van der Waals surface area contributed by atoms with Gasteiger partial charge in [0, 0.05) is 5.56 Å². The van der Waals surface area contributed by atoms with Crippen molar-refractivity contribution >= 4 is 11.9 Å². The van der Waals surface area contributed by atoms with Gasteiger partial charge in [0.1, 0.15) is 6.10 Å². The Labute approximate surface area is 105 Å². The van der Waals surface area contributed by atoms with Gasteiger partial charge in [0.15, 0.2) is 0 Å². The molecule has 2 N–H and O–H groups in total. The smallest absolute Gasteiger partial charge is 0.308 e. The van der Waals surface area contributed by atoms with Crippen molar-refractivity contribution < 1.29 is 19.4 Å². The number of ether oxygens (including phenoxy) is 1. The van der Waals surface area contributed by atoms with Gasteiger partial charge in [-0.3, -0.25) is 9.59 Å². The SMILES string of the molecule is C[C@@H](O)[C@H]1OC(=O)C[C@H]1NC(=O)c1ccccc1. The van der Waals surface area contributed by atoms with Crippen LogP contribution in [0.1, 0.15) is 23.7 Å². The number of cyclic esters (lactones) is 1. The minimum Gasteiger partial charge on any atom is -0.457 e. The van der Waals surface area contributed by atoms with E-state index in [1.54, 1.807) is 24.3 Å². The summed E-state index contributed by atoms with van der Waals surface area (Å²) in [5, 5.41) is 12.2. The molecule has 0 aliphatic carbocycles. The summed E-state index contributed by atoms with van der Waals surface area (Å²) in [6.45, 7) is 1.53. The number of carbonyl (C=O) groups excluding carboxylic acids is 2. The summed E-state index contributed by atoms with van der Waals surface area (Å²) in [4.78, 5) is 23.1. The average molecular weight is 249 g/mol. The molecule has 1 aliphatic heterocycles. The highest BCUT2D eigenvalue weighted by Gasteiger charge is 2.38. The maximum absolute atomic E-state index is 11.9. The average Bonchev–Trinajstić information content (AvgIpc) is 2.71. The molecule has 0 unspecified atom stereocenters. The van der Waals surface area contributed by atoms with Crippen molar-refractivity contribution in [2.75, 3.05) is 0 Å². The van der Waals surface area contributed by atoms with Crippen molar-refractivity contribution in [3.63, 3.8) is 0 Å². The Bertz CT molecular complexity index is 444. The predicted octanol–water partition coefficient (Wildman–Crippen LogP) is 0.481. The van der Waals surface area contributed by atoms with E-state index < -0.39 is 24.2 Å². The zero-order chi connectivity index (χ0) is 13.1. The Morgan fingerprint density at radius 2 is 2.11 bits per heavy atom. The molecule has 0 spiro atoms. The van der Waals surface area contributed by atoms with Gasteiger partial charge in [-0.05, 0) is 19.1 Å². The van der Waals surface area contributed by atoms with Crippen LogP contribution in [-0.2, 0) is 9.53 Å². The van der Waals surface area contributed by atoms with E-state index in [0.717, 1.165) is 0 Å². The molecule has 5 nitrogen and oxygen atoms in total. The van der Waals surface area contributed by atoms with Crippen molar-refractivity contribution in [1.29, 1.82) is 0 Å². The van der Waals surface area contributed by atoms with Gasteiger partial charge in [0.05, 0.1) is 18.6 Å². The fourth-order valence-electron chi connectivity index (χ4n) is 1.99. The molecule has 1 saturated heterocycles. The van der Waals surface area contributed by atoms with Crippen LogP contribution in [0.4, 0.5) is 0 Å². The number of benzene rings is 1. The second-order valence-electron chi connectivity index (χ2n) is 4.35. The molecule has 1 heterocycles. The Balaban J connectivity index is 2.05. The van der Waals surface area contributed by atoms with E-state index in [4.69, 9.17) is 4.74 Å². The maximum Gasteiger partial charge on any atom is 0.308 e. The molecule has 1 aromatic rings. The van der Waals surface area contributed by atoms with Crippen LogP contribution >= 0.6 is 0 Å². The van der Waals surface area contributed by atoms with Gasteiger partial charge in [0.25, 0.3) is 5.91 Å². The summed E-state index contributed by atoms with van der Waals surface area (Å²) in [6.07, 6.45) is -1.39. The van der Waals surface area contributed by atoms with Gasteiger partial charge >= 0.3 is 5.97 Å². The van der Waals surface area contributed by atoms with Crippen LogP contribution in [-0.4, -0.2) is 35.2 Å². The minimum atomic E-state index is -0.808. The quantitative estimate of drug-likeness (QED) is 0.764. The second-order valence-corrected chi connectivity index (χ2v) is 4.35. The van der Waals surface area contributed by atoms with Crippen molar-refractivity contribution in [1.82, 2.24) is 5.32 Å². The standard InChI is InChI=1S/C13H15NO4/c1-8(15)12-10(7-11(16)18-12)14-13(17)9-5-3-2-4-6-9/h2-6,8,10,12,15H,7H2,1H3,(H,14,17)/t8-,10-,12-/m1/s1. The summed E-state index contributed by atoms with van der Waals surface area (Å²) >= 11 is 0. The molecule has 0 aromatic heterocycles. The topological polar surface area (TPSA) is 75.6 Å². The Morgan fingerprint density at radius 1 is 1.44 bits per heavy atom. The van der Waals surface area contributed by atoms with Crippen LogP contribution in [0.3, 0.4) is 0 Å². The third-order valence-corrected chi connectivity index (χ3v) is 2.88. The lowest BCUT2D eigenvalue weighted by atomic mass is 10.1. The van der Waals surface area contributed by atoms with Gasteiger partial charge in [-0.25, -0.2) is 0 Å². The molecule has 2 rings (SSSR count). The number of amides is 1. The van der Waals surface area contributed by atoms with Gasteiger partial charge in [-0.2, -0.15) is 0 Å². The summed E-state index contributed by atoms with van der Waals surface area (Å²) in [5.74, 6) is -0.677. The molecular formula is C13H15NO4. The number of aliphatic hydroxyl groups excluding tert-OH is 1. The molecule has 0 saturated carbocycles. The number of hydrogen-bond donors (Lipinski definition) is 2. The minimum absolute atomic E-state index is 0.0914. The number of esters is 1. The van der Waals surface area contributed by atoms with Crippen LogP contribution in [0.5, 0.6) is 0 Å². The first kappa shape index (κ1) is 12.6. The summed E-state index contributed by atoms with van der Waals surface area (Å²) in [6, 6.07) is 8.23. The van der Waals surface area contributed by atoms with E-state index in [-0.39, 0.29) is 12.3 Å². The van der Waals surface area contributed by atoms with Crippen LogP contribution < -0.4 is 5.32 Å². The summed E-state index contributed by atoms with van der Waals surface area (Å²) in [5.41, 5.74) is 0.515. The van der Waals surface area contributed by atoms with E-state index in [2.05, 4.69) is 5.32 Å². The van der Waals surface area contributed by atoms with E-state index in [1.165, 1.54) is 6.92 Å². The molecule has 96 valence electrons. The second kappa shape index (κ2) is 5.18. The first-order chi connectivity index (χ1) is 8.58.